The minimum absolute atomic E-state index is 0.132. The van der Waals surface area contributed by atoms with Crippen LogP contribution in [0.4, 0.5) is 4.79 Å². The number of hydrogen-bond donors (Lipinski definition) is 2. The number of carbonyl (C=O) groups excluding carboxylic acids is 4. The van der Waals surface area contributed by atoms with Crippen LogP contribution in [0.25, 0.3) is 0 Å². The summed E-state index contributed by atoms with van der Waals surface area (Å²) in [7, 11) is 3.03. The van der Waals surface area contributed by atoms with Crippen molar-refractivity contribution in [1.82, 2.24) is 14.7 Å². The van der Waals surface area contributed by atoms with Gasteiger partial charge in [-0.3, -0.25) is 14.5 Å². The summed E-state index contributed by atoms with van der Waals surface area (Å²) in [6, 6.07) is 14.1. The summed E-state index contributed by atoms with van der Waals surface area (Å²) in [5.74, 6) is 0.629. The number of esters is 2. The van der Waals surface area contributed by atoms with Crippen LogP contribution in [-0.4, -0.2) is 120 Å². The van der Waals surface area contributed by atoms with E-state index in [1.807, 2.05) is 49.9 Å². The van der Waals surface area contributed by atoms with Crippen LogP contribution in [0.5, 0.6) is 11.5 Å². The van der Waals surface area contributed by atoms with Gasteiger partial charge in [-0.1, -0.05) is 0 Å². The van der Waals surface area contributed by atoms with Crippen molar-refractivity contribution in [3.05, 3.63) is 48.5 Å². The number of amides is 2. The Hall–Kier alpha value is -3.34. The zero-order valence-electron chi connectivity index (χ0n) is 29.6. The Balaban J connectivity index is 1.76. The Kier molecular flexibility index (Phi) is 16.9. The van der Waals surface area contributed by atoms with E-state index in [9.17, 15) is 24.3 Å². The molecule has 1 unspecified atom stereocenters. The SMILES string of the molecule is CN(CC(=O)Oc1ccc(SCCN(CCSc2ccc(OC(=O)CN(C)C(O)OC(C)(C)C)cc2)CC(N)=O)cc1)C(=O)OC(C)(C)C. The van der Waals surface area contributed by atoms with E-state index >= 15 is 0 Å². The molecule has 0 aliphatic carbocycles. The van der Waals surface area contributed by atoms with Crippen LogP contribution in [0.15, 0.2) is 58.3 Å². The summed E-state index contributed by atoms with van der Waals surface area (Å²) >= 11 is 3.19. The molecule has 0 spiro atoms. The van der Waals surface area contributed by atoms with E-state index in [1.54, 1.807) is 75.6 Å². The molecule has 2 aromatic rings. The molecule has 0 heterocycles. The van der Waals surface area contributed by atoms with Crippen molar-refractivity contribution in [1.29, 1.82) is 0 Å². The van der Waals surface area contributed by atoms with Crippen molar-refractivity contribution >= 4 is 47.5 Å². The molecule has 2 aromatic carbocycles. The molecule has 3 N–H and O–H groups in total. The van der Waals surface area contributed by atoms with Crippen molar-refractivity contribution in [2.75, 3.05) is 58.3 Å². The quantitative estimate of drug-likeness (QED) is 0.0982. The Labute approximate surface area is 297 Å². The lowest BCUT2D eigenvalue weighted by Gasteiger charge is -2.29. The number of ether oxygens (including phenoxy) is 4. The van der Waals surface area contributed by atoms with Crippen molar-refractivity contribution in [3.8, 4) is 11.5 Å². The molecular weight excluding hydrogens is 673 g/mol. The van der Waals surface area contributed by atoms with Gasteiger partial charge in [0, 0.05) is 41.4 Å². The minimum atomic E-state index is -1.24. The van der Waals surface area contributed by atoms with Gasteiger partial charge < -0.3 is 34.7 Å². The zero-order valence-corrected chi connectivity index (χ0v) is 31.2. The average Bonchev–Trinajstić information content (AvgIpc) is 2.96. The monoisotopic (exact) mass is 722 g/mol. The lowest BCUT2D eigenvalue weighted by Crippen LogP contribution is -2.42. The summed E-state index contributed by atoms with van der Waals surface area (Å²) in [6.07, 6.45) is -1.85. The molecule has 13 nitrogen and oxygen atoms in total. The summed E-state index contributed by atoms with van der Waals surface area (Å²) in [4.78, 5) is 54.8. The maximum absolute atomic E-state index is 12.3. The molecule has 49 heavy (non-hydrogen) atoms. The Morgan fingerprint density at radius 3 is 1.59 bits per heavy atom. The van der Waals surface area contributed by atoms with Crippen LogP contribution in [0, 0.1) is 0 Å². The van der Waals surface area contributed by atoms with E-state index in [1.165, 1.54) is 11.9 Å². The zero-order chi connectivity index (χ0) is 36.8. The highest BCUT2D eigenvalue weighted by molar-refractivity contribution is 7.99. The first-order valence-electron chi connectivity index (χ1n) is 15.7. The van der Waals surface area contributed by atoms with Crippen molar-refractivity contribution < 1.29 is 43.2 Å². The van der Waals surface area contributed by atoms with E-state index in [0.717, 1.165) is 14.7 Å². The molecule has 0 saturated heterocycles. The maximum atomic E-state index is 12.3. The van der Waals surface area contributed by atoms with E-state index in [2.05, 4.69) is 0 Å². The van der Waals surface area contributed by atoms with Gasteiger partial charge in [-0.25, -0.2) is 14.5 Å². The normalized spacial score (nSPS) is 12.5. The number of carbonyl (C=O) groups is 4. The summed E-state index contributed by atoms with van der Waals surface area (Å²) in [6.45, 7) is 11.6. The van der Waals surface area contributed by atoms with Crippen LogP contribution in [0.2, 0.25) is 0 Å². The fourth-order valence-electron chi connectivity index (χ4n) is 3.90. The second-order valence-corrected chi connectivity index (χ2v) is 15.5. The van der Waals surface area contributed by atoms with Crippen molar-refractivity contribution in [2.24, 2.45) is 5.73 Å². The predicted octanol–water partition coefficient (Wildman–Crippen LogP) is 4.06. The Morgan fingerprint density at radius 2 is 1.18 bits per heavy atom. The topological polar surface area (TPSA) is 161 Å². The number of aliphatic hydroxyl groups is 1. The molecule has 1 atom stereocenters. The third kappa shape index (κ3) is 18.3. The molecule has 0 saturated carbocycles. The van der Waals surface area contributed by atoms with Crippen LogP contribution in [0.3, 0.4) is 0 Å². The highest BCUT2D eigenvalue weighted by Crippen LogP contribution is 2.24. The standard InChI is InChI=1S/C34H50N4O9S2/c1-33(2,3)46-31(42)36(7)22-29(40)44-24-9-13-26(14-10-24)48-19-17-38(21-28(35)39)18-20-49-27-15-11-25(12-16-27)45-30(41)23-37(8)32(43)47-34(4,5)6/h9-16,31,42H,17-23H2,1-8H3,(H2,35,39). The van der Waals surface area contributed by atoms with Crippen LogP contribution in [-0.2, 0) is 23.9 Å². The largest absolute Gasteiger partial charge is 0.444 e. The van der Waals surface area contributed by atoms with Crippen LogP contribution >= 0.6 is 23.5 Å². The molecule has 0 bridgehead atoms. The number of aliphatic hydroxyl groups excluding tert-OH is 1. The first-order valence-corrected chi connectivity index (χ1v) is 17.6. The highest BCUT2D eigenvalue weighted by atomic mass is 32.2. The smallest absolute Gasteiger partial charge is 0.410 e. The van der Waals surface area contributed by atoms with Gasteiger partial charge >= 0.3 is 18.0 Å². The number of nitrogens with two attached hydrogens (primary N) is 1. The van der Waals surface area contributed by atoms with Gasteiger partial charge in [0.05, 0.1) is 12.1 Å². The molecular formula is C34H50N4O9S2. The third-order valence-corrected chi connectivity index (χ3v) is 8.11. The molecule has 2 rings (SSSR count). The van der Waals surface area contributed by atoms with E-state index in [-0.39, 0.29) is 19.6 Å². The number of thioether (sulfide) groups is 2. The number of primary amides is 1. The van der Waals surface area contributed by atoms with Gasteiger partial charge in [0.2, 0.25) is 12.3 Å². The minimum Gasteiger partial charge on any atom is -0.444 e. The molecule has 15 heteroatoms. The molecule has 272 valence electrons. The number of benzene rings is 2. The molecule has 0 aliphatic heterocycles. The molecule has 2 amide bonds. The Bertz CT molecular complexity index is 1360. The van der Waals surface area contributed by atoms with E-state index in [0.29, 0.717) is 36.1 Å². The van der Waals surface area contributed by atoms with Crippen molar-refractivity contribution in [3.63, 3.8) is 0 Å². The van der Waals surface area contributed by atoms with E-state index < -0.39 is 41.6 Å². The van der Waals surface area contributed by atoms with Gasteiger partial charge in [0.25, 0.3) is 0 Å². The maximum Gasteiger partial charge on any atom is 0.410 e. The van der Waals surface area contributed by atoms with E-state index in [4.69, 9.17) is 24.7 Å². The van der Waals surface area contributed by atoms with Gasteiger partial charge in [0.1, 0.15) is 30.2 Å². The third-order valence-electron chi connectivity index (χ3n) is 6.13. The molecule has 0 radical (unpaired) electrons. The second-order valence-electron chi connectivity index (χ2n) is 13.1. The molecule has 0 aliphatic rings. The number of likely N-dealkylation sites (N-methyl/N-ethyl adjacent to an activating group) is 2. The Morgan fingerprint density at radius 1 is 0.735 bits per heavy atom. The molecule has 0 fully saturated rings. The lowest BCUT2D eigenvalue weighted by atomic mass is 10.2. The average molecular weight is 723 g/mol. The number of hydrogen-bond acceptors (Lipinski definition) is 13. The number of nitrogens with zero attached hydrogens (tertiary/aromatic N) is 3. The fraction of sp³-hybridized carbons (Fsp3) is 0.529. The first-order chi connectivity index (χ1) is 22.8. The van der Waals surface area contributed by atoms with Crippen molar-refractivity contribution in [2.45, 2.75) is 68.9 Å². The lowest BCUT2D eigenvalue weighted by molar-refractivity contribution is -0.233. The fourth-order valence-corrected chi connectivity index (χ4v) is 5.72. The number of rotatable bonds is 18. The molecule has 0 aromatic heterocycles. The van der Waals surface area contributed by atoms with Gasteiger partial charge in [0.15, 0.2) is 0 Å². The summed E-state index contributed by atoms with van der Waals surface area (Å²) in [5, 5.41) is 10.1. The first kappa shape index (κ1) is 41.8. The van der Waals surface area contributed by atoms with Gasteiger partial charge in [-0.15, -0.1) is 23.5 Å². The van der Waals surface area contributed by atoms with Gasteiger partial charge in [-0.2, -0.15) is 0 Å². The van der Waals surface area contributed by atoms with Crippen LogP contribution < -0.4 is 15.2 Å². The summed E-state index contributed by atoms with van der Waals surface area (Å²) < 4.78 is 21.4. The van der Waals surface area contributed by atoms with Gasteiger partial charge in [-0.05, 0) is 97.1 Å². The second kappa shape index (κ2) is 19.7. The summed E-state index contributed by atoms with van der Waals surface area (Å²) in [5.41, 5.74) is 4.26. The highest BCUT2D eigenvalue weighted by Gasteiger charge is 2.23. The van der Waals surface area contributed by atoms with Crippen LogP contribution in [0.1, 0.15) is 41.5 Å². The predicted molar refractivity (Wildman–Crippen MR) is 190 cm³/mol.